The molecule has 148 valence electrons. The van der Waals surface area contributed by atoms with Crippen molar-refractivity contribution in [1.82, 2.24) is 15.6 Å². The summed E-state index contributed by atoms with van der Waals surface area (Å²) in [5.41, 5.74) is 1.68. The van der Waals surface area contributed by atoms with Crippen LogP contribution in [0, 0.1) is 0 Å². The van der Waals surface area contributed by atoms with Gasteiger partial charge in [-0.05, 0) is 24.6 Å². The summed E-state index contributed by atoms with van der Waals surface area (Å²) in [7, 11) is 1.55. The number of benzene rings is 1. The zero-order valence-corrected chi connectivity index (χ0v) is 17.9. The Bertz CT molecular complexity index is 787. The Balaban J connectivity index is 1.90. The van der Waals surface area contributed by atoms with Crippen molar-refractivity contribution in [3.63, 3.8) is 0 Å². The lowest BCUT2D eigenvalue weighted by atomic mass is 9.98. The lowest BCUT2D eigenvalue weighted by Gasteiger charge is -2.14. The van der Waals surface area contributed by atoms with Gasteiger partial charge in [0.2, 0.25) is 0 Å². The van der Waals surface area contributed by atoms with Gasteiger partial charge in [-0.2, -0.15) is 0 Å². The Kier molecular flexibility index (Phi) is 7.33. The fraction of sp³-hybridized carbons (Fsp3) is 0.474. The molecule has 1 heterocycles. The molecule has 0 atom stereocenters. The van der Waals surface area contributed by atoms with Crippen molar-refractivity contribution in [2.75, 3.05) is 13.7 Å². The number of carbonyl (C=O) groups is 1. The number of hydrogen-bond acceptors (Lipinski definition) is 5. The number of hydrogen-bond donors (Lipinski definition) is 2. The van der Waals surface area contributed by atoms with E-state index in [0.717, 1.165) is 16.3 Å². The highest BCUT2D eigenvalue weighted by Gasteiger charge is 2.18. The first-order chi connectivity index (χ1) is 12.7. The molecule has 0 fully saturated rings. The predicted octanol–water partition coefficient (Wildman–Crippen LogP) is 4.50. The van der Waals surface area contributed by atoms with Crippen molar-refractivity contribution in [2.45, 2.75) is 46.2 Å². The Morgan fingerprint density at radius 1 is 1.26 bits per heavy atom. The first-order valence-electron chi connectivity index (χ1n) is 8.70. The minimum Gasteiger partial charge on any atom is -0.493 e. The van der Waals surface area contributed by atoms with Crippen LogP contribution in [0.15, 0.2) is 17.5 Å². The highest BCUT2D eigenvalue weighted by molar-refractivity contribution is 7.09. The average molecular weight is 412 g/mol. The second-order valence-corrected chi connectivity index (χ2v) is 8.24. The van der Waals surface area contributed by atoms with Gasteiger partial charge in [0, 0.05) is 17.3 Å². The van der Waals surface area contributed by atoms with E-state index in [2.05, 4.69) is 36.4 Å². The fourth-order valence-electron chi connectivity index (χ4n) is 2.31. The molecule has 0 aliphatic rings. The number of rotatable bonds is 7. The van der Waals surface area contributed by atoms with E-state index in [1.165, 1.54) is 0 Å². The van der Waals surface area contributed by atoms with Crippen LogP contribution in [0.1, 0.15) is 44.0 Å². The summed E-state index contributed by atoms with van der Waals surface area (Å²) >= 11 is 7.85. The Morgan fingerprint density at radius 3 is 2.56 bits per heavy atom. The first kappa shape index (κ1) is 21.3. The number of methoxy groups -OCH3 is 1. The molecule has 1 aromatic heterocycles. The molecule has 0 unspecified atom stereocenters. The van der Waals surface area contributed by atoms with Crippen LogP contribution in [0.5, 0.6) is 11.5 Å². The third-order valence-electron chi connectivity index (χ3n) is 3.65. The summed E-state index contributed by atoms with van der Waals surface area (Å²) in [5.74, 6) is 1.05. The molecule has 0 radical (unpaired) electrons. The Labute approximate surface area is 169 Å². The maximum absolute atomic E-state index is 12.1. The molecule has 2 rings (SSSR count). The minimum atomic E-state index is -0.274. The van der Waals surface area contributed by atoms with E-state index in [4.69, 9.17) is 21.1 Å². The molecule has 2 amide bonds. The maximum atomic E-state index is 12.1. The smallest absolute Gasteiger partial charge is 0.315 e. The van der Waals surface area contributed by atoms with Crippen LogP contribution in [0.4, 0.5) is 4.79 Å². The molecular weight excluding hydrogens is 386 g/mol. The zero-order valence-electron chi connectivity index (χ0n) is 16.3. The molecule has 0 spiro atoms. The quantitative estimate of drug-likeness (QED) is 0.703. The maximum Gasteiger partial charge on any atom is 0.315 e. The van der Waals surface area contributed by atoms with E-state index in [1.54, 1.807) is 30.6 Å². The van der Waals surface area contributed by atoms with Crippen LogP contribution < -0.4 is 20.1 Å². The van der Waals surface area contributed by atoms with Crippen molar-refractivity contribution in [3.8, 4) is 11.5 Å². The second kappa shape index (κ2) is 9.28. The van der Waals surface area contributed by atoms with Crippen molar-refractivity contribution < 1.29 is 14.3 Å². The van der Waals surface area contributed by atoms with E-state index in [9.17, 15) is 4.79 Å². The summed E-state index contributed by atoms with van der Waals surface area (Å²) in [4.78, 5) is 16.6. The van der Waals surface area contributed by atoms with Gasteiger partial charge in [0.15, 0.2) is 11.5 Å². The molecule has 2 N–H and O–H groups in total. The number of ether oxygens (including phenoxy) is 2. The summed E-state index contributed by atoms with van der Waals surface area (Å²) in [6.07, 6.45) is 0. The third kappa shape index (κ3) is 6.01. The fourth-order valence-corrected chi connectivity index (χ4v) is 3.50. The van der Waals surface area contributed by atoms with Crippen molar-refractivity contribution in [1.29, 1.82) is 0 Å². The van der Waals surface area contributed by atoms with Crippen molar-refractivity contribution in [2.24, 2.45) is 0 Å². The zero-order chi connectivity index (χ0) is 20.0. The normalized spacial score (nSPS) is 11.2. The van der Waals surface area contributed by atoms with E-state index < -0.39 is 0 Å². The monoisotopic (exact) mass is 411 g/mol. The number of aromatic nitrogens is 1. The van der Waals surface area contributed by atoms with Crippen LogP contribution in [-0.2, 0) is 18.5 Å². The molecule has 0 saturated heterocycles. The lowest BCUT2D eigenvalue weighted by Crippen LogP contribution is -2.34. The number of nitrogens with zero attached hydrogens (tertiary/aromatic N) is 1. The van der Waals surface area contributed by atoms with Crippen LogP contribution in [-0.4, -0.2) is 24.7 Å². The standard InChI is InChI=1S/C19H26ClN3O3S/c1-6-26-16-14(20)7-12(8-15(16)25-5)9-21-18(24)22-10-13-11-27-17(23-13)19(2,3)4/h7-8,11H,6,9-10H2,1-5H3,(H2,21,22,24). The SMILES string of the molecule is CCOc1c(Cl)cc(CNC(=O)NCc2csc(C(C)(C)C)n2)cc1OC. The number of amides is 2. The number of halogens is 1. The molecule has 0 aliphatic carbocycles. The molecule has 8 heteroatoms. The minimum absolute atomic E-state index is 0.0111. The molecule has 27 heavy (non-hydrogen) atoms. The van der Waals surface area contributed by atoms with Gasteiger partial charge in [-0.25, -0.2) is 9.78 Å². The van der Waals surface area contributed by atoms with Gasteiger partial charge < -0.3 is 20.1 Å². The number of nitrogens with one attached hydrogen (secondary N) is 2. The van der Waals surface area contributed by atoms with E-state index >= 15 is 0 Å². The van der Waals surface area contributed by atoms with Gasteiger partial charge in [-0.3, -0.25) is 0 Å². The molecule has 2 aromatic rings. The van der Waals surface area contributed by atoms with Gasteiger partial charge in [0.1, 0.15) is 0 Å². The van der Waals surface area contributed by atoms with Gasteiger partial charge in [0.25, 0.3) is 0 Å². The van der Waals surface area contributed by atoms with Crippen LogP contribution in [0.25, 0.3) is 0 Å². The molecule has 6 nitrogen and oxygen atoms in total. The van der Waals surface area contributed by atoms with Gasteiger partial charge in [-0.15, -0.1) is 11.3 Å². The first-order valence-corrected chi connectivity index (χ1v) is 9.96. The summed E-state index contributed by atoms with van der Waals surface area (Å²) in [5, 5.41) is 9.09. The average Bonchev–Trinajstić information content (AvgIpc) is 3.09. The molecule has 1 aromatic carbocycles. The van der Waals surface area contributed by atoms with Crippen molar-refractivity contribution >= 4 is 29.0 Å². The van der Waals surface area contributed by atoms with Crippen LogP contribution in [0.3, 0.4) is 0 Å². The van der Waals surface area contributed by atoms with E-state index in [1.807, 2.05) is 12.3 Å². The van der Waals surface area contributed by atoms with Crippen molar-refractivity contribution in [3.05, 3.63) is 38.8 Å². The van der Waals surface area contributed by atoms with E-state index in [-0.39, 0.29) is 11.4 Å². The Hall–Kier alpha value is -1.99. The van der Waals surface area contributed by atoms with Crippen LogP contribution >= 0.6 is 22.9 Å². The second-order valence-electron chi connectivity index (χ2n) is 6.97. The molecule has 0 saturated carbocycles. The third-order valence-corrected chi connectivity index (χ3v) is 5.25. The lowest BCUT2D eigenvalue weighted by molar-refractivity contribution is 0.240. The van der Waals surface area contributed by atoms with Gasteiger partial charge in [-0.1, -0.05) is 32.4 Å². The van der Waals surface area contributed by atoms with Gasteiger partial charge in [0.05, 0.1) is 36.0 Å². The number of thiazole rings is 1. The summed E-state index contributed by atoms with van der Waals surface area (Å²) in [6.45, 7) is 9.42. The van der Waals surface area contributed by atoms with Gasteiger partial charge >= 0.3 is 6.03 Å². The summed E-state index contributed by atoms with van der Waals surface area (Å²) < 4.78 is 10.8. The Morgan fingerprint density at radius 2 is 1.96 bits per heavy atom. The van der Waals surface area contributed by atoms with E-state index in [0.29, 0.717) is 36.2 Å². The molecule has 0 bridgehead atoms. The predicted molar refractivity (Wildman–Crippen MR) is 109 cm³/mol. The highest BCUT2D eigenvalue weighted by atomic mass is 35.5. The largest absolute Gasteiger partial charge is 0.493 e. The topological polar surface area (TPSA) is 72.5 Å². The number of carbonyl (C=O) groups excluding carboxylic acids is 1. The van der Waals surface area contributed by atoms with Crippen LogP contribution in [0.2, 0.25) is 5.02 Å². The molecular formula is C19H26ClN3O3S. The highest BCUT2D eigenvalue weighted by Crippen LogP contribution is 2.36. The number of urea groups is 1. The molecule has 0 aliphatic heterocycles. The summed E-state index contributed by atoms with van der Waals surface area (Å²) in [6, 6.07) is 3.28.